The van der Waals surface area contributed by atoms with Crippen LogP contribution in [0.5, 0.6) is 5.88 Å². The van der Waals surface area contributed by atoms with Crippen LogP contribution in [0.1, 0.15) is 12.8 Å². The van der Waals surface area contributed by atoms with Crippen molar-refractivity contribution < 1.29 is 17.6 Å². The molecule has 2 aromatic heterocycles. The van der Waals surface area contributed by atoms with Crippen LogP contribution in [-0.4, -0.2) is 46.7 Å². The number of aromatic nitrogens is 3. The lowest BCUT2D eigenvalue weighted by Crippen LogP contribution is -2.44. The van der Waals surface area contributed by atoms with Gasteiger partial charge < -0.3 is 9.15 Å². The zero-order valence-corrected chi connectivity index (χ0v) is 15.4. The van der Waals surface area contributed by atoms with Gasteiger partial charge in [0.05, 0.1) is 17.0 Å². The molecule has 1 saturated heterocycles. The lowest BCUT2D eigenvalue weighted by molar-refractivity contribution is 0.123. The maximum atomic E-state index is 13.1. The molecular weight excluding hydrogens is 372 g/mol. The molecule has 0 N–H and O–H groups in total. The summed E-state index contributed by atoms with van der Waals surface area (Å²) in [4.78, 5) is 11.7. The normalized spacial score (nSPS) is 18.6. The Bertz CT molecular complexity index is 1120. The summed E-state index contributed by atoms with van der Waals surface area (Å²) in [7, 11) is -2.19. The minimum atomic E-state index is -3.73. The van der Waals surface area contributed by atoms with Crippen molar-refractivity contribution >= 4 is 21.1 Å². The van der Waals surface area contributed by atoms with E-state index in [-0.39, 0.29) is 17.5 Å². The number of piperidine rings is 1. The molecule has 0 radical (unpaired) electrons. The van der Waals surface area contributed by atoms with Gasteiger partial charge in [-0.2, -0.15) is 9.40 Å². The summed E-state index contributed by atoms with van der Waals surface area (Å²) in [6.45, 7) is 0.631. The molecule has 142 valence electrons. The highest BCUT2D eigenvalue weighted by Gasteiger charge is 2.32. The number of sulfonamides is 1. The zero-order valence-electron chi connectivity index (χ0n) is 14.6. The van der Waals surface area contributed by atoms with E-state index >= 15 is 0 Å². The average molecular weight is 390 g/mol. The van der Waals surface area contributed by atoms with Crippen LogP contribution in [0.3, 0.4) is 0 Å². The zero-order chi connectivity index (χ0) is 19.0. The molecule has 1 atom stereocenters. The molecular formula is C17H18N4O5S. The number of rotatable bonds is 4. The van der Waals surface area contributed by atoms with Gasteiger partial charge in [-0.25, -0.2) is 13.2 Å². The Morgan fingerprint density at radius 1 is 1.30 bits per heavy atom. The Morgan fingerprint density at radius 2 is 2.15 bits per heavy atom. The van der Waals surface area contributed by atoms with Crippen molar-refractivity contribution in [3.05, 3.63) is 47.1 Å². The van der Waals surface area contributed by atoms with Gasteiger partial charge in [-0.15, -0.1) is 5.10 Å². The third kappa shape index (κ3) is 3.33. The second-order valence-corrected chi connectivity index (χ2v) is 8.30. The molecule has 1 aliphatic rings. The Kier molecular flexibility index (Phi) is 4.44. The highest BCUT2D eigenvalue weighted by molar-refractivity contribution is 7.89. The summed E-state index contributed by atoms with van der Waals surface area (Å²) in [5.74, 6) is -0.161. The Hall–Kier alpha value is -2.72. The van der Waals surface area contributed by atoms with Crippen LogP contribution in [-0.2, 0) is 17.1 Å². The van der Waals surface area contributed by atoms with E-state index in [2.05, 4.69) is 10.2 Å². The fourth-order valence-corrected chi connectivity index (χ4v) is 4.69. The van der Waals surface area contributed by atoms with Gasteiger partial charge in [0, 0.05) is 25.9 Å². The van der Waals surface area contributed by atoms with E-state index in [0.29, 0.717) is 29.9 Å². The van der Waals surface area contributed by atoms with Crippen LogP contribution in [0.25, 0.3) is 11.1 Å². The predicted octanol–water partition coefficient (Wildman–Crippen LogP) is 1.15. The number of aryl methyl sites for hydroxylation is 1. The quantitative estimate of drug-likeness (QED) is 0.658. The number of nitrogens with zero attached hydrogens (tertiary/aromatic N) is 4. The summed E-state index contributed by atoms with van der Waals surface area (Å²) in [6, 6.07) is 7.81. The van der Waals surface area contributed by atoms with Crippen molar-refractivity contribution in [2.45, 2.75) is 23.8 Å². The van der Waals surface area contributed by atoms with E-state index in [1.165, 1.54) is 34.1 Å². The first-order valence-corrected chi connectivity index (χ1v) is 9.93. The number of fused-ring (bicyclic) bond motifs is 1. The van der Waals surface area contributed by atoms with Gasteiger partial charge in [0.2, 0.25) is 15.9 Å². The first kappa shape index (κ1) is 17.7. The second kappa shape index (κ2) is 6.78. The van der Waals surface area contributed by atoms with Crippen molar-refractivity contribution in [2.75, 3.05) is 13.1 Å². The summed E-state index contributed by atoms with van der Waals surface area (Å²) in [5, 5.41) is 7.64. The number of hydrogen-bond acceptors (Lipinski definition) is 7. The summed E-state index contributed by atoms with van der Waals surface area (Å²) in [6.07, 6.45) is 2.66. The van der Waals surface area contributed by atoms with Crippen molar-refractivity contribution in [1.29, 1.82) is 0 Å². The summed E-state index contributed by atoms with van der Waals surface area (Å²) >= 11 is 0. The number of benzene rings is 1. The molecule has 9 nitrogen and oxygen atoms in total. The lowest BCUT2D eigenvalue weighted by atomic mass is 10.1. The lowest BCUT2D eigenvalue weighted by Gasteiger charge is -2.31. The van der Waals surface area contributed by atoms with E-state index in [1.807, 2.05) is 0 Å². The van der Waals surface area contributed by atoms with Gasteiger partial charge in [0.1, 0.15) is 6.10 Å². The molecule has 1 fully saturated rings. The van der Waals surface area contributed by atoms with E-state index in [0.717, 1.165) is 6.42 Å². The minimum Gasteiger partial charge on any atom is -0.472 e. The van der Waals surface area contributed by atoms with Gasteiger partial charge in [-0.05, 0) is 37.1 Å². The van der Waals surface area contributed by atoms with E-state index in [4.69, 9.17) is 9.15 Å². The van der Waals surface area contributed by atoms with Crippen molar-refractivity contribution in [3.63, 3.8) is 0 Å². The maximum absolute atomic E-state index is 13.1. The number of ether oxygens (including phenoxy) is 1. The number of oxazole rings is 1. The van der Waals surface area contributed by atoms with Gasteiger partial charge in [-0.1, -0.05) is 0 Å². The first-order valence-electron chi connectivity index (χ1n) is 8.49. The molecule has 0 bridgehead atoms. The molecule has 1 unspecified atom stereocenters. The van der Waals surface area contributed by atoms with Crippen LogP contribution < -0.4 is 10.5 Å². The molecule has 0 spiro atoms. The molecule has 1 aliphatic heterocycles. The Morgan fingerprint density at radius 3 is 2.93 bits per heavy atom. The van der Waals surface area contributed by atoms with Crippen molar-refractivity contribution in [3.8, 4) is 5.88 Å². The molecule has 0 amide bonds. The van der Waals surface area contributed by atoms with Crippen molar-refractivity contribution in [2.24, 2.45) is 7.05 Å². The maximum Gasteiger partial charge on any atom is 0.419 e. The Balaban J connectivity index is 1.59. The van der Waals surface area contributed by atoms with Crippen LogP contribution in [0.2, 0.25) is 0 Å². The second-order valence-electron chi connectivity index (χ2n) is 6.36. The molecule has 1 aromatic carbocycles. The molecule has 3 heterocycles. The van der Waals surface area contributed by atoms with Gasteiger partial charge >= 0.3 is 5.76 Å². The van der Waals surface area contributed by atoms with E-state index in [9.17, 15) is 13.2 Å². The number of hydrogen-bond donors (Lipinski definition) is 0. The minimum absolute atomic E-state index is 0.117. The molecule has 3 aromatic rings. The van der Waals surface area contributed by atoms with Crippen LogP contribution in [0, 0.1) is 0 Å². The largest absolute Gasteiger partial charge is 0.472 e. The first-order chi connectivity index (χ1) is 12.9. The van der Waals surface area contributed by atoms with Crippen LogP contribution in [0.4, 0.5) is 0 Å². The van der Waals surface area contributed by atoms with Gasteiger partial charge in [0.15, 0.2) is 5.58 Å². The Labute approximate surface area is 155 Å². The van der Waals surface area contributed by atoms with Crippen molar-refractivity contribution in [1.82, 2.24) is 19.1 Å². The average Bonchev–Trinajstić information content (AvgIpc) is 2.96. The van der Waals surface area contributed by atoms with Gasteiger partial charge in [0.25, 0.3) is 0 Å². The third-order valence-electron chi connectivity index (χ3n) is 4.58. The van der Waals surface area contributed by atoms with Crippen LogP contribution >= 0.6 is 0 Å². The SMILES string of the molecule is Cn1c(=O)oc2ccc(S(=O)(=O)N3CCCC(Oc4cccnn4)C3)cc21. The fraction of sp³-hybridized carbons (Fsp3) is 0.353. The van der Waals surface area contributed by atoms with E-state index < -0.39 is 15.8 Å². The molecule has 0 saturated carbocycles. The molecule has 4 rings (SSSR count). The molecule has 27 heavy (non-hydrogen) atoms. The summed E-state index contributed by atoms with van der Waals surface area (Å²) in [5.41, 5.74) is 0.786. The van der Waals surface area contributed by atoms with Crippen LogP contribution in [0.15, 0.2) is 50.6 Å². The smallest absolute Gasteiger partial charge is 0.419 e. The predicted molar refractivity (Wildman–Crippen MR) is 95.9 cm³/mol. The monoisotopic (exact) mass is 390 g/mol. The van der Waals surface area contributed by atoms with E-state index in [1.54, 1.807) is 18.3 Å². The molecule has 10 heteroatoms. The third-order valence-corrected chi connectivity index (χ3v) is 6.44. The standard InChI is InChI=1S/C17H18N4O5S/c1-20-14-10-13(6-7-15(14)26-17(20)22)27(23,24)21-9-3-4-12(11-21)25-16-5-2-8-18-19-16/h2,5-8,10,12H,3-4,9,11H2,1H3. The van der Waals surface area contributed by atoms with Gasteiger partial charge in [-0.3, -0.25) is 4.57 Å². The summed E-state index contributed by atoms with van der Waals surface area (Å²) < 4.78 is 39.7. The topological polar surface area (TPSA) is 108 Å². The highest BCUT2D eigenvalue weighted by atomic mass is 32.2. The fourth-order valence-electron chi connectivity index (χ4n) is 3.16. The molecule has 0 aliphatic carbocycles. The highest BCUT2D eigenvalue weighted by Crippen LogP contribution is 2.25.